The molecule has 0 N–H and O–H groups in total. The molecule has 4 aromatic carbocycles. The van der Waals surface area contributed by atoms with Gasteiger partial charge in [-0.15, -0.1) is 0 Å². The van der Waals surface area contributed by atoms with Crippen molar-refractivity contribution in [1.29, 1.82) is 0 Å². The highest BCUT2D eigenvalue weighted by Gasteiger charge is 2.12. The Morgan fingerprint density at radius 1 is 0.538 bits per heavy atom. The van der Waals surface area contributed by atoms with Crippen LogP contribution in [0.3, 0.4) is 0 Å². The average molecular weight is 331 g/mol. The van der Waals surface area contributed by atoms with Gasteiger partial charge in [-0.1, -0.05) is 78.3 Å². The van der Waals surface area contributed by atoms with Crippen molar-refractivity contribution in [2.45, 2.75) is 0 Å². The van der Waals surface area contributed by atoms with E-state index in [-0.39, 0.29) is 0 Å². The van der Waals surface area contributed by atoms with E-state index in [2.05, 4.69) is 109 Å². The Bertz CT molecular complexity index is 1240. The monoisotopic (exact) mass is 331 g/mol. The second-order valence-corrected chi connectivity index (χ2v) is 6.79. The number of nitrogens with zero attached hydrogens (tertiary/aromatic N) is 1. The van der Waals surface area contributed by atoms with Gasteiger partial charge in [-0.25, -0.2) is 0 Å². The van der Waals surface area contributed by atoms with Crippen molar-refractivity contribution in [2.24, 2.45) is 0 Å². The van der Waals surface area contributed by atoms with Crippen LogP contribution in [-0.4, -0.2) is 12.4 Å². The van der Waals surface area contributed by atoms with Gasteiger partial charge in [-0.2, -0.15) is 0 Å². The molecule has 0 unspecified atom stereocenters. The third-order valence-corrected chi connectivity index (χ3v) is 5.04. The van der Waals surface area contributed by atoms with Gasteiger partial charge in [0.25, 0.3) is 0 Å². The van der Waals surface area contributed by atoms with E-state index < -0.39 is 0 Å². The molecule has 0 aliphatic heterocycles. The molecule has 26 heavy (non-hydrogen) atoms. The van der Waals surface area contributed by atoms with Crippen LogP contribution in [0.5, 0.6) is 0 Å². The molecule has 2 heteroatoms. The van der Waals surface area contributed by atoms with E-state index in [1.807, 2.05) is 0 Å². The third-order valence-electron chi connectivity index (χ3n) is 5.04. The Labute approximate surface area is 153 Å². The van der Waals surface area contributed by atoms with Crippen LogP contribution in [0.25, 0.3) is 38.6 Å². The van der Waals surface area contributed by atoms with Crippen LogP contribution in [-0.2, 0) is 0 Å². The highest BCUT2D eigenvalue weighted by molar-refractivity contribution is 6.33. The topological polar surface area (TPSA) is 4.93 Å². The minimum atomic E-state index is 1.20. The minimum absolute atomic E-state index is 1.20. The molecule has 1 aromatic heterocycles. The van der Waals surface area contributed by atoms with Crippen molar-refractivity contribution in [3.8, 4) is 16.8 Å². The first-order valence-corrected chi connectivity index (χ1v) is 8.97. The smallest absolute Gasteiger partial charge is 0.139 e. The Balaban J connectivity index is 1.82. The lowest BCUT2D eigenvalue weighted by molar-refractivity contribution is 1.18. The minimum Gasteiger partial charge on any atom is -0.309 e. The zero-order valence-electron chi connectivity index (χ0n) is 14.7. The summed E-state index contributed by atoms with van der Waals surface area (Å²) in [6.07, 6.45) is 0. The maximum Gasteiger partial charge on any atom is 0.139 e. The maximum absolute atomic E-state index is 2.37. The molecular weight excluding hydrogens is 313 g/mol. The molecule has 1 heterocycles. The van der Waals surface area contributed by atoms with Gasteiger partial charge in [0.2, 0.25) is 0 Å². The highest BCUT2D eigenvalue weighted by atomic mass is 15.0. The number of rotatable bonds is 2. The lowest BCUT2D eigenvalue weighted by atomic mass is 9.94. The van der Waals surface area contributed by atoms with Gasteiger partial charge in [-0.05, 0) is 35.4 Å². The summed E-state index contributed by atoms with van der Waals surface area (Å²) in [5.74, 6) is 0. The number of benzene rings is 4. The fraction of sp³-hybridized carbons (Fsp3) is 0. The van der Waals surface area contributed by atoms with E-state index in [1.54, 1.807) is 0 Å². The quantitative estimate of drug-likeness (QED) is 0.413. The molecule has 5 rings (SSSR count). The summed E-state index contributed by atoms with van der Waals surface area (Å²) in [6, 6.07) is 34.7. The number of aromatic nitrogens is 1. The first-order chi connectivity index (χ1) is 12.8. The van der Waals surface area contributed by atoms with Crippen LogP contribution < -0.4 is 5.46 Å². The molecule has 0 radical (unpaired) electrons. The Hall–Kier alpha value is -3.26. The second-order valence-electron chi connectivity index (χ2n) is 6.79. The standard InChI is InChI=1S/C24H18BN/c25-19-13-14-24-22(16-19)21-11-4-5-12-23(21)26(24)20-10-6-9-18(15-20)17-7-2-1-3-8-17/h1-16H,25H2. The van der Waals surface area contributed by atoms with E-state index in [1.165, 1.54) is 44.1 Å². The molecule has 122 valence electrons. The van der Waals surface area contributed by atoms with Crippen molar-refractivity contribution in [3.63, 3.8) is 0 Å². The summed E-state index contributed by atoms with van der Waals surface area (Å²) in [5, 5.41) is 2.61. The van der Waals surface area contributed by atoms with Gasteiger partial charge in [-0.3, -0.25) is 0 Å². The largest absolute Gasteiger partial charge is 0.309 e. The Morgan fingerprint density at radius 2 is 1.27 bits per heavy atom. The molecule has 0 atom stereocenters. The summed E-state index contributed by atoms with van der Waals surface area (Å²) in [6.45, 7) is 0. The number of hydrogen-bond acceptors (Lipinski definition) is 0. The van der Waals surface area contributed by atoms with Gasteiger partial charge in [0.1, 0.15) is 7.85 Å². The zero-order chi connectivity index (χ0) is 17.5. The van der Waals surface area contributed by atoms with Crippen molar-refractivity contribution in [3.05, 3.63) is 97.1 Å². The van der Waals surface area contributed by atoms with Crippen LogP contribution in [0, 0.1) is 0 Å². The van der Waals surface area contributed by atoms with Crippen LogP contribution >= 0.6 is 0 Å². The second kappa shape index (κ2) is 5.92. The third kappa shape index (κ3) is 2.34. The summed E-state index contributed by atoms with van der Waals surface area (Å²) in [5.41, 5.74) is 7.47. The molecule has 0 amide bonds. The summed E-state index contributed by atoms with van der Waals surface area (Å²) in [7, 11) is 2.15. The van der Waals surface area contributed by atoms with Crippen molar-refractivity contribution >= 4 is 35.1 Å². The predicted molar refractivity (Wildman–Crippen MR) is 114 cm³/mol. The van der Waals surface area contributed by atoms with Crippen LogP contribution in [0.15, 0.2) is 97.1 Å². The number of hydrogen-bond donors (Lipinski definition) is 0. The first kappa shape index (κ1) is 15.0. The Morgan fingerprint density at radius 3 is 2.15 bits per heavy atom. The van der Waals surface area contributed by atoms with E-state index in [9.17, 15) is 0 Å². The molecule has 0 spiro atoms. The molecule has 5 aromatic rings. The molecule has 0 aliphatic rings. The molecule has 0 saturated carbocycles. The molecule has 1 nitrogen and oxygen atoms in total. The van der Waals surface area contributed by atoms with Gasteiger partial charge in [0, 0.05) is 16.5 Å². The lowest BCUT2D eigenvalue weighted by Gasteiger charge is -2.10. The number of para-hydroxylation sites is 1. The van der Waals surface area contributed by atoms with Gasteiger partial charge in [0.15, 0.2) is 0 Å². The normalized spacial score (nSPS) is 11.2. The summed E-state index contributed by atoms with van der Waals surface area (Å²) in [4.78, 5) is 0. The van der Waals surface area contributed by atoms with E-state index in [0.29, 0.717) is 0 Å². The lowest BCUT2D eigenvalue weighted by Crippen LogP contribution is -2.00. The highest BCUT2D eigenvalue weighted by Crippen LogP contribution is 2.32. The molecule has 0 saturated heterocycles. The molecule has 0 fully saturated rings. The van der Waals surface area contributed by atoms with Crippen LogP contribution in [0.4, 0.5) is 0 Å². The van der Waals surface area contributed by atoms with Crippen molar-refractivity contribution in [2.75, 3.05) is 0 Å². The van der Waals surface area contributed by atoms with Gasteiger partial charge < -0.3 is 4.57 Å². The average Bonchev–Trinajstić information content (AvgIpc) is 3.02. The van der Waals surface area contributed by atoms with E-state index >= 15 is 0 Å². The van der Waals surface area contributed by atoms with Crippen molar-refractivity contribution in [1.82, 2.24) is 4.57 Å². The Kier molecular flexibility index (Phi) is 3.43. The first-order valence-electron chi connectivity index (χ1n) is 8.97. The van der Waals surface area contributed by atoms with Crippen LogP contribution in [0.1, 0.15) is 0 Å². The molecule has 0 aliphatic carbocycles. The summed E-state index contributed by atoms with van der Waals surface area (Å²) < 4.78 is 2.37. The SMILES string of the molecule is Bc1ccc2c(c1)c1ccccc1n2-c1cccc(-c2ccccc2)c1. The predicted octanol–water partition coefficient (Wildman–Crippen LogP) is 4.71. The van der Waals surface area contributed by atoms with E-state index in [0.717, 1.165) is 0 Å². The summed E-state index contributed by atoms with van der Waals surface area (Å²) >= 11 is 0. The zero-order valence-corrected chi connectivity index (χ0v) is 14.7. The maximum atomic E-state index is 2.37. The number of fused-ring (bicyclic) bond motifs is 3. The fourth-order valence-electron chi connectivity index (χ4n) is 3.82. The van der Waals surface area contributed by atoms with E-state index in [4.69, 9.17) is 0 Å². The molecule has 0 bridgehead atoms. The van der Waals surface area contributed by atoms with Gasteiger partial charge >= 0.3 is 0 Å². The fourth-order valence-corrected chi connectivity index (χ4v) is 3.82. The van der Waals surface area contributed by atoms with Gasteiger partial charge in [0.05, 0.1) is 11.0 Å². The molecular formula is C24H18BN. The van der Waals surface area contributed by atoms with Crippen molar-refractivity contribution < 1.29 is 0 Å². The van der Waals surface area contributed by atoms with Crippen LogP contribution in [0.2, 0.25) is 0 Å².